The van der Waals surface area contributed by atoms with E-state index in [-0.39, 0.29) is 24.2 Å². The molecule has 118 valence electrons. The minimum absolute atomic E-state index is 0.266. The van der Waals surface area contributed by atoms with Gasteiger partial charge in [0.2, 0.25) is 0 Å². The number of benzene rings is 2. The Labute approximate surface area is 134 Å². The van der Waals surface area contributed by atoms with Gasteiger partial charge in [0.1, 0.15) is 5.82 Å². The fourth-order valence-electron chi connectivity index (χ4n) is 1.96. The van der Waals surface area contributed by atoms with Gasteiger partial charge in [0.15, 0.2) is 0 Å². The van der Waals surface area contributed by atoms with Crippen LogP contribution in [0.15, 0.2) is 61.2 Å². The molecular weight excluding hydrogens is 295 g/mol. The Morgan fingerprint density at radius 1 is 1.00 bits per heavy atom. The molecule has 0 radical (unpaired) electrons. The number of halogens is 1. The van der Waals surface area contributed by atoms with Gasteiger partial charge in [-0.05, 0) is 35.9 Å². The SMILES string of the molecule is C=CCNC(=O)c1cccc(C(=O)NCc2ccc(F)cc2)c1. The van der Waals surface area contributed by atoms with Gasteiger partial charge < -0.3 is 10.6 Å². The van der Waals surface area contributed by atoms with Crippen LogP contribution in [-0.4, -0.2) is 18.4 Å². The maximum Gasteiger partial charge on any atom is 0.251 e. The van der Waals surface area contributed by atoms with Crippen LogP contribution >= 0.6 is 0 Å². The van der Waals surface area contributed by atoms with E-state index in [1.54, 1.807) is 36.4 Å². The molecule has 0 saturated heterocycles. The molecule has 0 spiro atoms. The summed E-state index contributed by atoms with van der Waals surface area (Å²) in [5.41, 5.74) is 1.58. The van der Waals surface area contributed by atoms with Crippen LogP contribution in [-0.2, 0) is 6.54 Å². The zero-order valence-corrected chi connectivity index (χ0v) is 12.5. The van der Waals surface area contributed by atoms with E-state index in [2.05, 4.69) is 17.2 Å². The van der Waals surface area contributed by atoms with E-state index in [1.807, 2.05) is 0 Å². The molecule has 0 fully saturated rings. The Kier molecular flexibility index (Phi) is 5.63. The van der Waals surface area contributed by atoms with E-state index in [0.717, 1.165) is 5.56 Å². The molecule has 0 saturated carbocycles. The largest absolute Gasteiger partial charge is 0.349 e. The van der Waals surface area contributed by atoms with Crippen molar-refractivity contribution >= 4 is 11.8 Å². The average molecular weight is 312 g/mol. The molecule has 5 heteroatoms. The van der Waals surface area contributed by atoms with E-state index in [0.29, 0.717) is 17.7 Å². The normalized spacial score (nSPS) is 9.96. The smallest absolute Gasteiger partial charge is 0.251 e. The third kappa shape index (κ3) is 4.78. The van der Waals surface area contributed by atoms with Crippen molar-refractivity contribution in [1.29, 1.82) is 0 Å². The number of carbonyl (C=O) groups excluding carboxylic acids is 2. The first-order valence-corrected chi connectivity index (χ1v) is 7.12. The molecule has 0 atom stereocenters. The predicted octanol–water partition coefficient (Wildman–Crippen LogP) is 2.67. The third-order valence-corrected chi connectivity index (χ3v) is 3.16. The lowest BCUT2D eigenvalue weighted by atomic mass is 10.1. The Hall–Kier alpha value is -2.95. The summed E-state index contributed by atoms with van der Waals surface area (Å²) >= 11 is 0. The molecule has 2 amide bonds. The van der Waals surface area contributed by atoms with Gasteiger partial charge in [0.05, 0.1) is 0 Å². The standard InChI is InChI=1S/C18H17FN2O2/c1-2-10-20-17(22)14-4-3-5-15(11-14)18(23)21-12-13-6-8-16(19)9-7-13/h2-9,11H,1,10,12H2,(H,20,22)(H,21,23). The number of carbonyl (C=O) groups is 2. The van der Waals surface area contributed by atoms with E-state index < -0.39 is 0 Å². The molecular formula is C18H17FN2O2. The summed E-state index contributed by atoms with van der Waals surface area (Å²) < 4.78 is 12.8. The topological polar surface area (TPSA) is 58.2 Å². The Morgan fingerprint density at radius 2 is 1.61 bits per heavy atom. The molecule has 2 N–H and O–H groups in total. The summed E-state index contributed by atoms with van der Waals surface area (Å²) in [4.78, 5) is 24.0. The summed E-state index contributed by atoms with van der Waals surface area (Å²) in [6, 6.07) is 12.3. The first kappa shape index (κ1) is 16.4. The zero-order chi connectivity index (χ0) is 16.7. The molecule has 0 heterocycles. The minimum Gasteiger partial charge on any atom is -0.349 e. The van der Waals surface area contributed by atoms with Crippen molar-refractivity contribution in [3.8, 4) is 0 Å². The maximum atomic E-state index is 12.8. The minimum atomic E-state index is -0.321. The van der Waals surface area contributed by atoms with Crippen molar-refractivity contribution in [2.24, 2.45) is 0 Å². The number of nitrogens with one attached hydrogen (secondary N) is 2. The lowest BCUT2D eigenvalue weighted by Crippen LogP contribution is -2.25. The third-order valence-electron chi connectivity index (χ3n) is 3.16. The van der Waals surface area contributed by atoms with Crippen molar-refractivity contribution in [3.63, 3.8) is 0 Å². The molecule has 2 rings (SSSR count). The average Bonchev–Trinajstić information content (AvgIpc) is 2.59. The highest BCUT2D eigenvalue weighted by Gasteiger charge is 2.09. The van der Waals surface area contributed by atoms with E-state index >= 15 is 0 Å². The molecule has 2 aromatic carbocycles. The molecule has 0 aliphatic heterocycles. The van der Waals surface area contributed by atoms with Crippen molar-refractivity contribution in [2.75, 3.05) is 6.54 Å². The highest BCUT2D eigenvalue weighted by Crippen LogP contribution is 2.07. The van der Waals surface area contributed by atoms with Crippen LogP contribution in [0.4, 0.5) is 4.39 Å². The molecule has 0 aliphatic carbocycles. The molecule has 0 unspecified atom stereocenters. The number of rotatable bonds is 6. The summed E-state index contributed by atoms with van der Waals surface area (Å²) in [6.07, 6.45) is 1.58. The predicted molar refractivity (Wildman–Crippen MR) is 86.5 cm³/mol. The van der Waals surface area contributed by atoms with E-state index in [9.17, 15) is 14.0 Å². The Bertz CT molecular complexity index is 711. The quantitative estimate of drug-likeness (QED) is 0.806. The highest BCUT2D eigenvalue weighted by molar-refractivity contribution is 5.99. The Balaban J connectivity index is 2.00. The van der Waals surface area contributed by atoms with Gasteiger partial charge in [-0.25, -0.2) is 4.39 Å². The molecule has 0 bridgehead atoms. The first-order valence-electron chi connectivity index (χ1n) is 7.12. The lowest BCUT2D eigenvalue weighted by molar-refractivity contribution is 0.0951. The van der Waals surface area contributed by atoms with Crippen LogP contribution in [0.5, 0.6) is 0 Å². The van der Waals surface area contributed by atoms with Gasteiger partial charge in [-0.3, -0.25) is 9.59 Å². The summed E-state index contributed by atoms with van der Waals surface area (Å²) in [5, 5.41) is 5.39. The summed E-state index contributed by atoms with van der Waals surface area (Å²) in [5.74, 6) is -0.885. The molecule has 2 aromatic rings. The van der Waals surface area contributed by atoms with Gasteiger partial charge in [-0.2, -0.15) is 0 Å². The monoisotopic (exact) mass is 312 g/mol. The second-order valence-corrected chi connectivity index (χ2v) is 4.89. The van der Waals surface area contributed by atoms with Crippen molar-refractivity contribution < 1.29 is 14.0 Å². The molecule has 0 aromatic heterocycles. The van der Waals surface area contributed by atoms with Crippen LogP contribution < -0.4 is 10.6 Å². The van der Waals surface area contributed by atoms with Crippen molar-refractivity contribution in [1.82, 2.24) is 10.6 Å². The van der Waals surface area contributed by atoms with Crippen molar-refractivity contribution in [2.45, 2.75) is 6.54 Å². The Morgan fingerprint density at radius 3 is 2.22 bits per heavy atom. The summed E-state index contributed by atoms with van der Waals surface area (Å²) in [6.45, 7) is 4.17. The molecule has 0 aliphatic rings. The fourth-order valence-corrected chi connectivity index (χ4v) is 1.96. The van der Waals surface area contributed by atoms with Crippen LogP contribution in [0.25, 0.3) is 0 Å². The number of hydrogen-bond donors (Lipinski definition) is 2. The van der Waals surface area contributed by atoms with Gasteiger partial charge in [-0.15, -0.1) is 6.58 Å². The van der Waals surface area contributed by atoms with E-state index in [1.165, 1.54) is 18.2 Å². The number of hydrogen-bond acceptors (Lipinski definition) is 2. The van der Waals surface area contributed by atoms with Gasteiger partial charge >= 0.3 is 0 Å². The van der Waals surface area contributed by atoms with Gasteiger partial charge in [0, 0.05) is 24.2 Å². The molecule has 4 nitrogen and oxygen atoms in total. The molecule has 23 heavy (non-hydrogen) atoms. The second-order valence-electron chi connectivity index (χ2n) is 4.89. The van der Waals surface area contributed by atoms with Crippen molar-refractivity contribution in [3.05, 3.63) is 83.7 Å². The fraction of sp³-hybridized carbons (Fsp3) is 0.111. The number of amides is 2. The summed E-state index contributed by atoms with van der Waals surface area (Å²) in [7, 11) is 0. The lowest BCUT2D eigenvalue weighted by Gasteiger charge is -2.07. The van der Waals surface area contributed by atoms with Crippen LogP contribution in [0.3, 0.4) is 0 Å². The van der Waals surface area contributed by atoms with Crippen LogP contribution in [0, 0.1) is 5.82 Å². The van der Waals surface area contributed by atoms with Gasteiger partial charge in [0.25, 0.3) is 11.8 Å². The first-order chi connectivity index (χ1) is 11.1. The van der Waals surface area contributed by atoms with Crippen LogP contribution in [0.1, 0.15) is 26.3 Å². The maximum absolute atomic E-state index is 12.8. The van der Waals surface area contributed by atoms with Gasteiger partial charge in [-0.1, -0.05) is 24.3 Å². The zero-order valence-electron chi connectivity index (χ0n) is 12.5. The van der Waals surface area contributed by atoms with E-state index in [4.69, 9.17) is 0 Å². The highest BCUT2D eigenvalue weighted by atomic mass is 19.1. The second kappa shape index (κ2) is 7.89. The van der Waals surface area contributed by atoms with Crippen LogP contribution in [0.2, 0.25) is 0 Å².